The van der Waals surface area contributed by atoms with Crippen LogP contribution in [0.15, 0.2) is 24.3 Å². The first-order valence-corrected chi connectivity index (χ1v) is 5.72. The minimum absolute atomic E-state index is 0.195. The van der Waals surface area contributed by atoms with Crippen LogP contribution < -0.4 is 5.32 Å². The second-order valence-electron chi connectivity index (χ2n) is 4.37. The monoisotopic (exact) mass is 223 g/mol. The third-order valence-corrected chi connectivity index (χ3v) is 2.54. The molecule has 1 rings (SSSR count). The normalized spacial score (nSPS) is 13.1. The van der Waals surface area contributed by atoms with Gasteiger partial charge in [0, 0.05) is 13.1 Å². The summed E-state index contributed by atoms with van der Waals surface area (Å²) >= 11 is 0. The van der Waals surface area contributed by atoms with Crippen LogP contribution in [0.5, 0.6) is 0 Å². The Kier molecular flexibility index (Phi) is 5.46. The zero-order chi connectivity index (χ0) is 12.0. The van der Waals surface area contributed by atoms with Gasteiger partial charge in [0.15, 0.2) is 0 Å². The highest BCUT2D eigenvalue weighted by atomic mass is 16.3. The molecule has 1 aromatic carbocycles. The average Bonchev–Trinajstić information content (AvgIpc) is 2.29. The molecule has 0 aliphatic heterocycles. The van der Waals surface area contributed by atoms with Crippen molar-refractivity contribution in [2.24, 2.45) is 0 Å². The minimum atomic E-state index is -0.673. The van der Waals surface area contributed by atoms with Gasteiger partial charge in [0.1, 0.15) is 0 Å². The van der Waals surface area contributed by atoms with Gasteiger partial charge in [-0.2, -0.15) is 0 Å². The first-order valence-electron chi connectivity index (χ1n) is 5.72. The van der Waals surface area contributed by atoms with Crippen LogP contribution in [0.25, 0.3) is 0 Å². The molecule has 1 aromatic rings. The molecule has 0 saturated heterocycles. The molecule has 0 heterocycles. The van der Waals surface area contributed by atoms with Crippen molar-refractivity contribution < 1.29 is 10.2 Å². The van der Waals surface area contributed by atoms with Crippen LogP contribution in [0.2, 0.25) is 0 Å². The number of rotatable bonds is 6. The third kappa shape index (κ3) is 4.31. The van der Waals surface area contributed by atoms with Crippen LogP contribution >= 0.6 is 0 Å². The molecule has 1 unspecified atom stereocenters. The summed E-state index contributed by atoms with van der Waals surface area (Å²) in [6.45, 7) is 5.28. The van der Waals surface area contributed by atoms with E-state index in [1.54, 1.807) is 0 Å². The van der Waals surface area contributed by atoms with E-state index in [0.29, 0.717) is 12.5 Å². The van der Waals surface area contributed by atoms with Crippen LogP contribution in [0.4, 0.5) is 0 Å². The van der Waals surface area contributed by atoms with Gasteiger partial charge in [-0.05, 0) is 17.0 Å². The van der Waals surface area contributed by atoms with Crippen molar-refractivity contribution in [2.45, 2.75) is 32.4 Å². The van der Waals surface area contributed by atoms with Gasteiger partial charge in [-0.1, -0.05) is 38.1 Å². The van der Waals surface area contributed by atoms with Crippen molar-refractivity contribution in [3.63, 3.8) is 0 Å². The summed E-state index contributed by atoms with van der Waals surface area (Å²) in [4.78, 5) is 0. The predicted octanol–water partition coefficient (Wildman–Crippen LogP) is 1.25. The average molecular weight is 223 g/mol. The number of nitrogens with one attached hydrogen (secondary N) is 1. The summed E-state index contributed by atoms with van der Waals surface area (Å²) in [6.07, 6.45) is -0.673. The maximum Gasteiger partial charge on any atom is 0.0895 e. The molecular formula is C13H21NO2. The van der Waals surface area contributed by atoms with Crippen molar-refractivity contribution in [3.05, 3.63) is 35.4 Å². The molecule has 0 aliphatic carbocycles. The fraction of sp³-hybridized carbons (Fsp3) is 0.538. The molecule has 0 spiro atoms. The molecule has 0 aromatic heterocycles. The first kappa shape index (κ1) is 13.2. The van der Waals surface area contributed by atoms with E-state index in [2.05, 4.69) is 43.4 Å². The number of hydrogen-bond acceptors (Lipinski definition) is 3. The van der Waals surface area contributed by atoms with Crippen LogP contribution in [0.3, 0.4) is 0 Å². The molecule has 0 saturated carbocycles. The van der Waals surface area contributed by atoms with Crippen molar-refractivity contribution in [2.75, 3.05) is 13.2 Å². The molecule has 0 radical (unpaired) electrons. The van der Waals surface area contributed by atoms with Crippen LogP contribution in [0, 0.1) is 0 Å². The van der Waals surface area contributed by atoms with Crippen molar-refractivity contribution in [3.8, 4) is 0 Å². The van der Waals surface area contributed by atoms with Gasteiger partial charge in [0.25, 0.3) is 0 Å². The highest BCUT2D eigenvalue weighted by Crippen LogP contribution is 2.15. The summed E-state index contributed by atoms with van der Waals surface area (Å²) < 4.78 is 0. The predicted molar refractivity (Wildman–Crippen MR) is 65.3 cm³/mol. The Balaban J connectivity index is 2.45. The number of benzene rings is 1. The van der Waals surface area contributed by atoms with E-state index in [1.165, 1.54) is 11.1 Å². The number of hydrogen-bond donors (Lipinski definition) is 3. The summed E-state index contributed by atoms with van der Waals surface area (Å²) in [5, 5.41) is 20.9. The maximum atomic E-state index is 9.17. The largest absolute Gasteiger partial charge is 0.394 e. The lowest BCUT2D eigenvalue weighted by Gasteiger charge is -2.11. The fourth-order valence-corrected chi connectivity index (χ4v) is 1.51. The van der Waals surface area contributed by atoms with Crippen molar-refractivity contribution in [1.29, 1.82) is 0 Å². The smallest absolute Gasteiger partial charge is 0.0895 e. The fourth-order valence-electron chi connectivity index (χ4n) is 1.51. The highest BCUT2D eigenvalue weighted by molar-refractivity contribution is 5.25. The lowest BCUT2D eigenvalue weighted by molar-refractivity contribution is 0.0942. The molecule has 90 valence electrons. The first-order chi connectivity index (χ1) is 7.63. The molecule has 3 nitrogen and oxygen atoms in total. The van der Waals surface area contributed by atoms with Crippen molar-refractivity contribution in [1.82, 2.24) is 5.32 Å². The van der Waals surface area contributed by atoms with Crippen LogP contribution in [0.1, 0.15) is 30.9 Å². The Hall–Kier alpha value is -0.900. The quantitative estimate of drug-likeness (QED) is 0.680. The molecule has 0 fully saturated rings. The Morgan fingerprint density at radius 3 is 2.69 bits per heavy atom. The molecule has 0 bridgehead atoms. The number of aliphatic hydroxyl groups excluding tert-OH is 2. The molecule has 1 atom stereocenters. The van der Waals surface area contributed by atoms with Gasteiger partial charge in [-0.25, -0.2) is 0 Å². The standard InChI is InChI=1S/C13H21NO2/c1-10(2)12-5-3-4-11(6-12)7-14-8-13(16)9-15/h3-6,10,13-16H,7-9H2,1-2H3. The second kappa shape index (κ2) is 6.63. The Morgan fingerprint density at radius 2 is 2.06 bits per heavy atom. The van der Waals surface area contributed by atoms with Gasteiger partial charge in [0.05, 0.1) is 12.7 Å². The Bertz CT molecular complexity index is 313. The van der Waals surface area contributed by atoms with Gasteiger partial charge in [0.2, 0.25) is 0 Å². The zero-order valence-corrected chi connectivity index (χ0v) is 9.98. The van der Waals surface area contributed by atoms with Gasteiger partial charge in [-0.15, -0.1) is 0 Å². The summed E-state index contributed by atoms with van der Waals surface area (Å²) in [5.74, 6) is 0.531. The summed E-state index contributed by atoms with van der Waals surface area (Å²) in [6, 6.07) is 8.40. The van der Waals surface area contributed by atoms with E-state index in [-0.39, 0.29) is 6.61 Å². The van der Waals surface area contributed by atoms with E-state index in [0.717, 1.165) is 6.54 Å². The van der Waals surface area contributed by atoms with Gasteiger partial charge in [-0.3, -0.25) is 0 Å². The lowest BCUT2D eigenvalue weighted by atomic mass is 10.0. The van der Waals surface area contributed by atoms with E-state index in [9.17, 15) is 0 Å². The maximum absolute atomic E-state index is 9.17. The SMILES string of the molecule is CC(C)c1cccc(CNCC(O)CO)c1. The summed E-state index contributed by atoms with van der Waals surface area (Å²) in [5.41, 5.74) is 2.53. The molecule has 0 amide bonds. The van der Waals surface area contributed by atoms with E-state index >= 15 is 0 Å². The molecule has 3 N–H and O–H groups in total. The molecule has 16 heavy (non-hydrogen) atoms. The van der Waals surface area contributed by atoms with Gasteiger partial charge < -0.3 is 15.5 Å². The Morgan fingerprint density at radius 1 is 1.31 bits per heavy atom. The second-order valence-corrected chi connectivity index (χ2v) is 4.37. The van der Waals surface area contributed by atoms with E-state index < -0.39 is 6.10 Å². The van der Waals surface area contributed by atoms with Crippen molar-refractivity contribution >= 4 is 0 Å². The summed E-state index contributed by atoms with van der Waals surface area (Å²) in [7, 11) is 0. The lowest BCUT2D eigenvalue weighted by Crippen LogP contribution is -2.28. The van der Waals surface area contributed by atoms with Gasteiger partial charge >= 0.3 is 0 Å². The van der Waals surface area contributed by atoms with Crippen LogP contribution in [-0.2, 0) is 6.54 Å². The number of aliphatic hydroxyl groups is 2. The van der Waals surface area contributed by atoms with Crippen LogP contribution in [-0.4, -0.2) is 29.5 Å². The topological polar surface area (TPSA) is 52.5 Å². The third-order valence-electron chi connectivity index (χ3n) is 2.54. The molecule has 0 aliphatic rings. The highest BCUT2D eigenvalue weighted by Gasteiger charge is 2.02. The minimum Gasteiger partial charge on any atom is -0.394 e. The molecule has 3 heteroatoms. The van der Waals surface area contributed by atoms with E-state index in [1.807, 2.05) is 0 Å². The van der Waals surface area contributed by atoms with E-state index in [4.69, 9.17) is 10.2 Å². The molecular weight excluding hydrogens is 202 g/mol. The Labute approximate surface area is 97.1 Å². The zero-order valence-electron chi connectivity index (χ0n) is 9.98.